The number of ether oxygens (including phenoxy) is 1. The van der Waals surface area contributed by atoms with Crippen LogP contribution in [0.2, 0.25) is 0 Å². The molecule has 0 amide bonds. The lowest BCUT2D eigenvalue weighted by Gasteiger charge is -2.40. The Morgan fingerprint density at radius 3 is 2.42 bits per heavy atom. The average molecular weight is 185 g/mol. The van der Waals surface area contributed by atoms with Crippen molar-refractivity contribution in [1.29, 1.82) is 0 Å². The molecule has 0 saturated carbocycles. The molecule has 0 aromatic carbocycles. The van der Waals surface area contributed by atoms with Crippen molar-refractivity contribution in [2.24, 2.45) is 0 Å². The molecule has 1 rings (SSSR count). The summed E-state index contributed by atoms with van der Waals surface area (Å²) in [4.78, 5) is 0. The molecule has 1 fully saturated rings. The summed E-state index contributed by atoms with van der Waals surface area (Å²) in [6, 6.07) is 0. The Bertz CT molecular complexity index is 162. The van der Waals surface area contributed by atoms with E-state index in [4.69, 9.17) is 20.4 Å². The van der Waals surface area contributed by atoms with E-state index in [9.17, 15) is 5.11 Å². The van der Waals surface area contributed by atoms with Crippen LogP contribution < -0.4 is 0 Å². The lowest BCUT2D eigenvalue weighted by atomic mass is 10.8. The van der Waals surface area contributed by atoms with Crippen molar-refractivity contribution in [3.63, 3.8) is 0 Å². The van der Waals surface area contributed by atoms with Crippen LogP contribution in [0.3, 0.4) is 0 Å². The Morgan fingerprint density at radius 1 is 1.33 bits per heavy atom. The summed E-state index contributed by atoms with van der Waals surface area (Å²) in [5.41, 5.74) is 0. The first kappa shape index (κ1) is 9.85. The molecule has 0 aromatic heterocycles. The van der Waals surface area contributed by atoms with Crippen LogP contribution in [-0.4, -0.2) is 62.8 Å². The highest BCUT2D eigenvalue weighted by Crippen LogP contribution is 2.22. The fourth-order valence-corrected chi connectivity index (χ4v) is 1.03. The lowest BCUT2D eigenvalue weighted by Crippen LogP contribution is -2.62. The molecule has 1 aliphatic heterocycles. The van der Waals surface area contributed by atoms with Gasteiger partial charge in [0, 0.05) is 0 Å². The van der Waals surface area contributed by atoms with E-state index in [2.05, 4.69) is 4.74 Å². The van der Waals surface area contributed by atoms with Crippen molar-refractivity contribution < 1.29 is 30.3 Å². The van der Waals surface area contributed by atoms with Crippen molar-refractivity contribution in [3.8, 4) is 0 Å². The normalized spacial score (nSPS) is 49.2. The molecule has 0 aliphatic carbocycles. The minimum absolute atomic E-state index is 0.324. The second kappa shape index (κ2) is 3.25. The van der Waals surface area contributed by atoms with Gasteiger partial charge in [0.05, 0.1) is 13.2 Å². The molecule has 4 atom stereocenters. The highest BCUT2D eigenvalue weighted by atomic mass is 16.8. The van der Waals surface area contributed by atoms with Crippen LogP contribution in [0.25, 0.3) is 0 Å². The average Bonchev–Trinajstić information content (AvgIpc) is 2.09. The summed E-state index contributed by atoms with van der Waals surface area (Å²) in [6.45, 7) is -1.16. The molecule has 1 unspecified atom stereocenters. The molecular formula is C6H12O6. The van der Waals surface area contributed by atoms with Crippen LogP contribution in [-0.2, 0) is 4.74 Å². The highest BCUT2D eigenvalue weighted by Gasteiger charge is 2.47. The van der Waals surface area contributed by atoms with Crippen LogP contribution >= 0.6 is 0 Å². The molecule has 0 bridgehead atoms. The maximum atomic E-state index is 9.24. The number of aliphatic hydroxyl groups excluding tert-OH is 4. The second-order valence-corrected chi connectivity index (χ2v) is 2.82. The first-order valence-corrected chi connectivity index (χ1v) is 3.52. The van der Waals surface area contributed by atoms with E-state index < -0.39 is 30.7 Å². The molecule has 5 N–H and O–H groups in total. The van der Waals surface area contributed by atoms with Gasteiger partial charge in [-0.1, -0.05) is 0 Å². The summed E-state index contributed by atoms with van der Waals surface area (Å²) in [5, 5.41) is 45.0. The van der Waals surface area contributed by atoms with Gasteiger partial charge < -0.3 is 30.3 Å². The third-order valence-electron chi connectivity index (χ3n) is 1.91. The maximum Gasteiger partial charge on any atom is 0.218 e. The zero-order chi connectivity index (χ0) is 9.35. The fraction of sp³-hybridized carbons (Fsp3) is 1.00. The Morgan fingerprint density at radius 2 is 1.92 bits per heavy atom. The Hall–Kier alpha value is -0.240. The van der Waals surface area contributed by atoms with E-state index in [0.717, 1.165) is 0 Å². The number of hydrogen-bond acceptors (Lipinski definition) is 6. The van der Waals surface area contributed by atoms with E-state index in [0.29, 0.717) is 0 Å². The summed E-state index contributed by atoms with van der Waals surface area (Å²) >= 11 is 0. The molecule has 12 heavy (non-hydrogen) atoms. The third kappa shape index (κ3) is 1.45. The zero-order valence-electron chi connectivity index (χ0n) is 6.29. The van der Waals surface area contributed by atoms with Gasteiger partial charge in [-0.05, 0) is 0 Å². The molecule has 0 spiro atoms. The van der Waals surface area contributed by atoms with Crippen molar-refractivity contribution >= 4 is 0 Å². The number of rotatable bonds is 1. The smallest absolute Gasteiger partial charge is 0.218 e. The highest BCUT2D eigenvalue weighted by molar-refractivity contribution is 4.90. The quantitative estimate of drug-likeness (QED) is 0.275. The Balaban J connectivity index is 2.71. The van der Waals surface area contributed by atoms with Crippen LogP contribution in [0.15, 0.2) is 0 Å². The van der Waals surface area contributed by atoms with Crippen molar-refractivity contribution in [2.75, 3.05) is 13.2 Å². The standard InChI is InChI=1S/C6H12O6/c7-2-6(11)5(10)4(9)3(8)1-12-6/h3-5,7-11H,1-2H2/t3-,4-,5+,6?/m1/s1/i1+1,3+1,4+1,5+1,6+1. The first-order valence-electron chi connectivity index (χ1n) is 3.52. The Kier molecular flexibility index (Phi) is 2.67. The monoisotopic (exact) mass is 185 g/mol. The molecule has 6 heteroatoms. The van der Waals surface area contributed by atoms with Gasteiger partial charge in [0.15, 0.2) is 0 Å². The second-order valence-electron chi connectivity index (χ2n) is 2.82. The number of hydrogen-bond donors (Lipinski definition) is 5. The third-order valence-corrected chi connectivity index (χ3v) is 1.91. The van der Waals surface area contributed by atoms with E-state index in [1.165, 1.54) is 0 Å². The van der Waals surface area contributed by atoms with Crippen LogP contribution in [0.5, 0.6) is 0 Å². The van der Waals surface area contributed by atoms with Crippen molar-refractivity contribution in [1.82, 2.24) is 0 Å². The first-order chi connectivity index (χ1) is 5.51. The van der Waals surface area contributed by atoms with Gasteiger partial charge in [0.1, 0.15) is 18.3 Å². The molecule has 0 radical (unpaired) electrons. The SMILES string of the molecule is OC[13C]1(O)O[13CH2][13C@@H](O)[13C@@H](O)[13C@@H]1O. The molecule has 0 aromatic rings. The van der Waals surface area contributed by atoms with Gasteiger partial charge in [0.25, 0.3) is 0 Å². The molecule has 1 aliphatic rings. The van der Waals surface area contributed by atoms with Gasteiger partial charge in [0.2, 0.25) is 5.79 Å². The van der Waals surface area contributed by atoms with E-state index in [-0.39, 0.29) is 6.61 Å². The number of aliphatic hydroxyl groups is 5. The molecular weight excluding hydrogens is 173 g/mol. The van der Waals surface area contributed by atoms with Crippen LogP contribution in [0, 0.1) is 0 Å². The minimum Gasteiger partial charge on any atom is -0.391 e. The van der Waals surface area contributed by atoms with Gasteiger partial charge >= 0.3 is 0 Å². The summed E-state index contributed by atoms with van der Waals surface area (Å²) in [7, 11) is 0. The van der Waals surface area contributed by atoms with Gasteiger partial charge in [-0.3, -0.25) is 0 Å². The fourth-order valence-electron chi connectivity index (χ4n) is 1.03. The topological polar surface area (TPSA) is 110 Å². The van der Waals surface area contributed by atoms with Crippen molar-refractivity contribution in [2.45, 2.75) is 24.1 Å². The van der Waals surface area contributed by atoms with Crippen molar-refractivity contribution in [3.05, 3.63) is 0 Å². The predicted molar refractivity (Wildman–Crippen MR) is 36.0 cm³/mol. The molecule has 72 valence electrons. The van der Waals surface area contributed by atoms with Gasteiger partial charge in [-0.25, -0.2) is 0 Å². The summed E-state index contributed by atoms with van der Waals surface area (Å²) < 4.78 is 4.56. The molecule has 1 saturated heterocycles. The minimum atomic E-state index is -2.17. The van der Waals surface area contributed by atoms with Gasteiger partial charge in [-0.15, -0.1) is 0 Å². The van der Waals surface area contributed by atoms with E-state index in [1.54, 1.807) is 0 Å². The molecule has 6 nitrogen and oxygen atoms in total. The lowest BCUT2D eigenvalue weighted by molar-refractivity contribution is -0.331. The molecule has 1 heterocycles. The maximum absolute atomic E-state index is 9.24. The van der Waals surface area contributed by atoms with E-state index >= 15 is 0 Å². The summed E-state index contributed by atoms with van der Waals surface area (Å²) in [6.07, 6.45) is -4.45. The van der Waals surface area contributed by atoms with E-state index in [1.807, 2.05) is 0 Å². The Labute approximate surface area is 68.6 Å². The van der Waals surface area contributed by atoms with Crippen LogP contribution in [0.1, 0.15) is 0 Å². The zero-order valence-corrected chi connectivity index (χ0v) is 6.29. The van der Waals surface area contributed by atoms with Crippen LogP contribution in [0.4, 0.5) is 0 Å². The summed E-state index contributed by atoms with van der Waals surface area (Å²) in [5.74, 6) is -2.17. The largest absolute Gasteiger partial charge is 0.391 e. The predicted octanol–water partition coefficient (Wildman–Crippen LogP) is -3.22. The van der Waals surface area contributed by atoms with Gasteiger partial charge in [-0.2, -0.15) is 0 Å².